The van der Waals surface area contributed by atoms with Crippen LogP contribution in [0, 0.1) is 0 Å². The lowest BCUT2D eigenvalue weighted by molar-refractivity contribution is -0.0754. The maximum absolute atomic E-state index is 12.2. The van der Waals surface area contributed by atoms with Crippen LogP contribution in [0.1, 0.15) is 26.7 Å². The molecule has 14 heavy (non-hydrogen) atoms. The quantitative estimate of drug-likeness (QED) is 0.659. The molecule has 0 aliphatic heterocycles. The molecule has 0 saturated carbocycles. The van der Waals surface area contributed by atoms with Crippen molar-refractivity contribution in [2.75, 3.05) is 13.2 Å². The fourth-order valence-electron chi connectivity index (χ4n) is 0.607. The Morgan fingerprint density at radius 1 is 1.07 bits per heavy atom. The maximum atomic E-state index is 12.2. The van der Waals surface area contributed by atoms with Gasteiger partial charge in [0.05, 0.1) is 13.2 Å². The van der Waals surface area contributed by atoms with Gasteiger partial charge in [-0.15, -0.1) is 0 Å². The second kappa shape index (κ2) is 5.73. The van der Waals surface area contributed by atoms with Gasteiger partial charge in [0.15, 0.2) is 0 Å². The van der Waals surface area contributed by atoms with Crippen molar-refractivity contribution in [2.24, 2.45) is 0 Å². The van der Waals surface area contributed by atoms with E-state index in [1.54, 1.807) is 13.8 Å². The zero-order chi connectivity index (χ0) is 11.2. The molecule has 0 aliphatic carbocycles. The first kappa shape index (κ1) is 13.9. The van der Waals surface area contributed by atoms with Gasteiger partial charge in [-0.05, 0) is 12.8 Å². The summed E-state index contributed by atoms with van der Waals surface area (Å²) in [7, 11) is -4.94. The Kier molecular flexibility index (Phi) is 5.71. The molecule has 0 fully saturated rings. The number of hydrogen-bond acceptors (Lipinski definition) is 3. The van der Waals surface area contributed by atoms with Crippen molar-refractivity contribution in [1.82, 2.24) is 0 Å². The van der Waals surface area contributed by atoms with Crippen molar-refractivity contribution in [3.05, 3.63) is 0 Å². The van der Waals surface area contributed by atoms with Gasteiger partial charge in [-0.1, -0.05) is 13.8 Å². The van der Waals surface area contributed by atoms with Crippen molar-refractivity contribution >= 4 is 7.60 Å². The number of alkyl halides is 3. The second-order valence-electron chi connectivity index (χ2n) is 2.63. The molecule has 0 spiro atoms. The first-order chi connectivity index (χ1) is 6.37. The summed E-state index contributed by atoms with van der Waals surface area (Å²) in [5, 5.41) is 0. The van der Waals surface area contributed by atoms with E-state index in [1.165, 1.54) is 0 Å². The molecule has 0 bridgehead atoms. The molecular formula is C7H14F3O3P. The van der Waals surface area contributed by atoms with E-state index < -0.39 is 13.5 Å². The number of hydrogen-bond donors (Lipinski definition) is 0. The van der Waals surface area contributed by atoms with Gasteiger partial charge in [-0.2, -0.15) is 13.2 Å². The van der Waals surface area contributed by atoms with Crippen LogP contribution in [0.15, 0.2) is 0 Å². The van der Waals surface area contributed by atoms with Crippen molar-refractivity contribution in [3.8, 4) is 0 Å². The fraction of sp³-hybridized carbons (Fsp3) is 1.00. The highest BCUT2D eigenvalue weighted by atomic mass is 31.2. The van der Waals surface area contributed by atoms with Crippen molar-refractivity contribution < 1.29 is 26.8 Å². The molecule has 7 heteroatoms. The standard InChI is InChI=1S/C7H14F3O3P/c1-3-5-12-14(11,7(8,9)10)13-6-4-2/h3-6H2,1-2H3. The molecule has 0 N–H and O–H groups in total. The molecule has 0 heterocycles. The lowest BCUT2D eigenvalue weighted by atomic mass is 10.5. The smallest absolute Gasteiger partial charge is 0.302 e. The summed E-state index contributed by atoms with van der Waals surface area (Å²) >= 11 is 0. The Hall–Kier alpha value is -0.0600. The third-order valence-corrected chi connectivity index (χ3v) is 2.91. The van der Waals surface area contributed by atoms with E-state index in [0.29, 0.717) is 12.8 Å². The van der Waals surface area contributed by atoms with Gasteiger partial charge in [0.1, 0.15) is 0 Å². The van der Waals surface area contributed by atoms with Gasteiger partial charge >= 0.3 is 13.5 Å². The highest BCUT2D eigenvalue weighted by Gasteiger charge is 2.54. The van der Waals surface area contributed by atoms with E-state index in [2.05, 4.69) is 9.05 Å². The largest absolute Gasteiger partial charge is 0.493 e. The molecule has 0 aliphatic rings. The molecule has 0 radical (unpaired) electrons. The van der Waals surface area contributed by atoms with Gasteiger partial charge < -0.3 is 9.05 Å². The lowest BCUT2D eigenvalue weighted by Gasteiger charge is -2.19. The SMILES string of the molecule is CCCOP(=O)(OCCC)C(F)(F)F. The summed E-state index contributed by atoms with van der Waals surface area (Å²) < 4.78 is 56.4. The van der Waals surface area contributed by atoms with Crippen LogP contribution in [0.2, 0.25) is 0 Å². The van der Waals surface area contributed by atoms with Crippen LogP contribution in [0.25, 0.3) is 0 Å². The predicted molar refractivity (Wildman–Crippen MR) is 46.1 cm³/mol. The Balaban J connectivity index is 4.43. The molecule has 0 amide bonds. The summed E-state index contributed by atoms with van der Waals surface area (Å²) in [5.41, 5.74) is 0. The van der Waals surface area contributed by atoms with E-state index in [4.69, 9.17) is 0 Å². The Bertz CT molecular complexity index is 193. The van der Waals surface area contributed by atoms with Gasteiger partial charge in [-0.3, -0.25) is 0 Å². The van der Waals surface area contributed by atoms with E-state index in [-0.39, 0.29) is 13.2 Å². The normalized spacial score (nSPS) is 13.2. The van der Waals surface area contributed by atoms with Crippen LogP contribution in [0.4, 0.5) is 13.2 Å². The molecule has 3 nitrogen and oxygen atoms in total. The van der Waals surface area contributed by atoms with Crippen LogP contribution in [0.5, 0.6) is 0 Å². The fourth-order valence-corrected chi connectivity index (χ4v) is 1.82. The Morgan fingerprint density at radius 2 is 1.43 bits per heavy atom. The monoisotopic (exact) mass is 234 g/mol. The van der Waals surface area contributed by atoms with Crippen molar-refractivity contribution in [2.45, 2.75) is 32.6 Å². The topological polar surface area (TPSA) is 35.5 Å². The first-order valence-corrected chi connectivity index (χ1v) is 5.87. The molecule has 0 rings (SSSR count). The van der Waals surface area contributed by atoms with E-state index in [0.717, 1.165) is 0 Å². The van der Waals surface area contributed by atoms with E-state index in [9.17, 15) is 17.7 Å². The Labute approximate surface area is 81.1 Å². The summed E-state index contributed by atoms with van der Waals surface area (Å²) in [5.74, 6) is -4.93. The number of halogens is 3. The zero-order valence-electron chi connectivity index (χ0n) is 8.13. The van der Waals surface area contributed by atoms with Crippen LogP contribution in [-0.4, -0.2) is 19.1 Å². The maximum Gasteiger partial charge on any atom is 0.493 e. The zero-order valence-corrected chi connectivity index (χ0v) is 9.03. The third kappa shape index (κ3) is 3.98. The summed E-state index contributed by atoms with van der Waals surface area (Å²) in [6, 6.07) is 0. The molecule has 0 aromatic carbocycles. The molecule has 0 aromatic heterocycles. The highest BCUT2D eigenvalue weighted by Crippen LogP contribution is 2.62. The average Bonchev–Trinajstić information content (AvgIpc) is 2.09. The number of rotatable bonds is 6. The van der Waals surface area contributed by atoms with Gasteiger partial charge in [0.2, 0.25) is 0 Å². The molecule has 86 valence electrons. The van der Waals surface area contributed by atoms with Gasteiger partial charge in [-0.25, -0.2) is 4.57 Å². The summed E-state index contributed by atoms with van der Waals surface area (Å²) in [6.07, 6.45) is 0.713. The minimum atomic E-state index is -4.94. The van der Waals surface area contributed by atoms with E-state index in [1.807, 2.05) is 0 Å². The van der Waals surface area contributed by atoms with Crippen molar-refractivity contribution in [1.29, 1.82) is 0 Å². The van der Waals surface area contributed by atoms with Gasteiger partial charge in [0.25, 0.3) is 0 Å². The minimum Gasteiger partial charge on any atom is -0.302 e. The molecule has 0 saturated heterocycles. The molecular weight excluding hydrogens is 220 g/mol. The Morgan fingerprint density at radius 3 is 1.64 bits per heavy atom. The third-order valence-electron chi connectivity index (χ3n) is 1.24. The first-order valence-electron chi connectivity index (χ1n) is 4.33. The lowest BCUT2D eigenvalue weighted by Crippen LogP contribution is -2.14. The second-order valence-corrected chi connectivity index (χ2v) is 4.65. The predicted octanol–water partition coefficient (Wildman–Crippen LogP) is 3.55. The summed E-state index contributed by atoms with van der Waals surface area (Å²) in [6.45, 7) is 2.81. The van der Waals surface area contributed by atoms with Crippen LogP contribution in [0.3, 0.4) is 0 Å². The van der Waals surface area contributed by atoms with Crippen molar-refractivity contribution in [3.63, 3.8) is 0 Å². The van der Waals surface area contributed by atoms with Crippen LogP contribution < -0.4 is 0 Å². The summed E-state index contributed by atoms with van der Waals surface area (Å²) in [4.78, 5) is 0. The van der Waals surface area contributed by atoms with Crippen LogP contribution >= 0.6 is 7.60 Å². The molecule has 0 atom stereocenters. The van der Waals surface area contributed by atoms with E-state index >= 15 is 0 Å². The average molecular weight is 234 g/mol. The molecule has 0 aromatic rings. The minimum absolute atomic E-state index is 0.222. The van der Waals surface area contributed by atoms with Gasteiger partial charge in [0, 0.05) is 0 Å². The highest BCUT2D eigenvalue weighted by molar-refractivity contribution is 7.54. The molecule has 0 unspecified atom stereocenters. The van der Waals surface area contributed by atoms with Crippen LogP contribution in [-0.2, 0) is 13.6 Å².